The van der Waals surface area contributed by atoms with Gasteiger partial charge in [0.1, 0.15) is 0 Å². The molecular formula is C15H23N3O. The van der Waals surface area contributed by atoms with Crippen molar-refractivity contribution in [3.63, 3.8) is 0 Å². The molecule has 3 N–H and O–H groups in total. The number of rotatable bonds is 3. The van der Waals surface area contributed by atoms with Crippen molar-refractivity contribution in [2.24, 2.45) is 5.84 Å². The molecule has 2 rings (SSSR count). The second-order valence-corrected chi connectivity index (χ2v) is 5.34. The van der Waals surface area contributed by atoms with E-state index in [4.69, 9.17) is 5.84 Å². The van der Waals surface area contributed by atoms with Crippen LogP contribution in [-0.4, -0.2) is 23.4 Å². The van der Waals surface area contributed by atoms with Crippen molar-refractivity contribution in [1.82, 2.24) is 10.3 Å². The van der Waals surface area contributed by atoms with Crippen LogP contribution in [0.3, 0.4) is 0 Å². The number of nitrogens with zero attached hydrogens (tertiary/aromatic N) is 1. The number of hydrazine groups is 1. The molecule has 1 saturated heterocycles. The Kier molecular flexibility index (Phi) is 4.93. The first-order chi connectivity index (χ1) is 9.20. The van der Waals surface area contributed by atoms with Gasteiger partial charge in [0, 0.05) is 18.2 Å². The number of amides is 1. The molecular weight excluding hydrogens is 238 g/mol. The van der Waals surface area contributed by atoms with E-state index in [1.165, 1.54) is 31.2 Å². The monoisotopic (exact) mass is 261 g/mol. The lowest BCUT2D eigenvalue weighted by molar-refractivity contribution is 0.0953. The molecule has 1 fully saturated rings. The van der Waals surface area contributed by atoms with Crippen LogP contribution in [0.5, 0.6) is 0 Å². The van der Waals surface area contributed by atoms with E-state index in [-0.39, 0.29) is 5.91 Å². The van der Waals surface area contributed by atoms with E-state index in [9.17, 15) is 4.79 Å². The van der Waals surface area contributed by atoms with Crippen molar-refractivity contribution in [2.45, 2.75) is 45.2 Å². The first-order valence-corrected chi connectivity index (χ1v) is 7.04. The maximum atomic E-state index is 11.5. The first kappa shape index (κ1) is 14.0. The number of hydrogen-bond donors (Lipinski definition) is 2. The van der Waals surface area contributed by atoms with Gasteiger partial charge in [0.05, 0.1) is 0 Å². The molecule has 1 amide bonds. The van der Waals surface area contributed by atoms with Crippen LogP contribution >= 0.6 is 0 Å². The molecule has 1 heterocycles. The minimum Gasteiger partial charge on any atom is -0.296 e. The SMILES string of the molecule is CC1CCCCCN1Cc1cccc(C(=O)NN)c1. The summed E-state index contributed by atoms with van der Waals surface area (Å²) in [5.41, 5.74) is 3.98. The molecule has 104 valence electrons. The molecule has 0 radical (unpaired) electrons. The average molecular weight is 261 g/mol. The van der Waals surface area contributed by atoms with Crippen LogP contribution < -0.4 is 11.3 Å². The minimum atomic E-state index is -0.231. The highest BCUT2D eigenvalue weighted by Crippen LogP contribution is 2.19. The molecule has 1 atom stereocenters. The molecule has 4 heteroatoms. The quantitative estimate of drug-likeness (QED) is 0.497. The second kappa shape index (κ2) is 6.68. The number of nitrogens with two attached hydrogens (primary N) is 1. The van der Waals surface area contributed by atoms with Crippen LogP contribution in [0, 0.1) is 0 Å². The van der Waals surface area contributed by atoms with E-state index in [2.05, 4.69) is 23.3 Å². The number of hydrogen-bond acceptors (Lipinski definition) is 3. The van der Waals surface area contributed by atoms with Gasteiger partial charge in [-0.1, -0.05) is 25.0 Å². The lowest BCUT2D eigenvalue weighted by Gasteiger charge is -2.27. The van der Waals surface area contributed by atoms with Gasteiger partial charge in [0.25, 0.3) is 5.91 Å². The summed E-state index contributed by atoms with van der Waals surface area (Å²) in [6.45, 7) is 4.35. The number of benzene rings is 1. The van der Waals surface area contributed by atoms with Crippen molar-refractivity contribution < 1.29 is 4.79 Å². The Bertz CT molecular complexity index is 433. The van der Waals surface area contributed by atoms with Crippen LogP contribution in [-0.2, 0) is 6.54 Å². The smallest absolute Gasteiger partial charge is 0.265 e. The third-order valence-electron chi connectivity index (χ3n) is 3.90. The largest absolute Gasteiger partial charge is 0.296 e. The summed E-state index contributed by atoms with van der Waals surface area (Å²) in [5.74, 6) is 4.94. The van der Waals surface area contributed by atoms with Gasteiger partial charge in [-0.15, -0.1) is 0 Å². The molecule has 0 aliphatic carbocycles. The van der Waals surface area contributed by atoms with Crippen molar-refractivity contribution in [2.75, 3.05) is 6.54 Å². The number of likely N-dealkylation sites (tertiary alicyclic amines) is 1. The van der Waals surface area contributed by atoms with Crippen LogP contribution in [0.25, 0.3) is 0 Å². The topological polar surface area (TPSA) is 58.4 Å². The highest BCUT2D eigenvalue weighted by atomic mass is 16.2. The molecule has 1 aromatic carbocycles. The van der Waals surface area contributed by atoms with E-state index in [0.29, 0.717) is 11.6 Å². The first-order valence-electron chi connectivity index (χ1n) is 7.04. The van der Waals surface area contributed by atoms with Gasteiger partial charge in [-0.2, -0.15) is 0 Å². The molecule has 0 bridgehead atoms. The third-order valence-corrected chi connectivity index (χ3v) is 3.90. The normalized spacial score (nSPS) is 20.8. The van der Waals surface area contributed by atoms with Crippen LogP contribution in [0.15, 0.2) is 24.3 Å². The van der Waals surface area contributed by atoms with E-state index in [0.717, 1.165) is 13.1 Å². The zero-order valence-corrected chi connectivity index (χ0v) is 11.6. The van der Waals surface area contributed by atoms with Crippen molar-refractivity contribution in [3.8, 4) is 0 Å². The standard InChI is InChI=1S/C15H23N3O/c1-12-6-3-2-4-9-18(12)11-13-7-5-8-14(10-13)15(19)17-16/h5,7-8,10,12H,2-4,6,9,11,16H2,1H3,(H,17,19). The van der Waals surface area contributed by atoms with Crippen molar-refractivity contribution >= 4 is 5.91 Å². The van der Waals surface area contributed by atoms with Gasteiger partial charge in [-0.25, -0.2) is 5.84 Å². The molecule has 1 aliphatic heterocycles. The van der Waals surface area contributed by atoms with E-state index in [1.807, 2.05) is 12.1 Å². The summed E-state index contributed by atoms with van der Waals surface area (Å²) in [6.07, 6.45) is 5.19. The van der Waals surface area contributed by atoms with Gasteiger partial charge in [0.15, 0.2) is 0 Å². The maximum Gasteiger partial charge on any atom is 0.265 e. The van der Waals surface area contributed by atoms with Crippen LogP contribution in [0.1, 0.15) is 48.5 Å². The predicted molar refractivity (Wildman–Crippen MR) is 76.4 cm³/mol. The summed E-state index contributed by atoms with van der Waals surface area (Å²) < 4.78 is 0. The summed E-state index contributed by atoms with van der Waals surface area (Å²) in [5, 5.41) is 0. The Balaban J connectivity index is 2.07. The molecule has 0 aromatic heterocycles. The van der Waals surface area contributed by atoms with Crippen LogP contribution in [0.4, 0.5) is 0 Å². The number of nitrogen functional groups attached to an aromatic ring is 1. The van der Waals surface area contributed by atoms with Crippen LogP contribution in [0.2, 0.25) is 0 Å². The second-order valence-electron chi connectivity index (χ2n) is 5.34. The fourth-order valence-corrected chi connectivity index (χ4v) is 2.70. The summed E-state index contributed by atoms with van der Waals surface area (Å²) in [7, 11) is 0. The highest BCUT2D eigenvalue weighted by molar-refractivity contribution is 5.93. The molecule has 0 spiro atoms. The lowest BCUT2D eigenvalue weighted by atomic mass is 10.1. The predicted octanol–water partition coefficient (Wildman–Crippen LogP) is 2.05. The molecule has 4 nitrogen and oxygen atoms in total. The lowest BCUT2D eigenvalue weighted by Crippen LogP contribution is -2.32. The Morgan fingerprint density at radius 1 is 1.42 bits per heavy atom. The Labute approximate surface area is 114 Å². The Morgan fingerprint density at radius 3 is 3.05 bits per heavy atom. The fourth-order valence-electron chi connectivity index (χ4n) is 2.70. The minimum absolute atomic E-state index is 0.231. The Morgan fingerprint density at radius 2 is 2.26 bits per heavy atom. The maximum absolute atomic E-state index is 11.5. The van der Waals surface area contributed by atoms with E-state index >= 15 is 0 Å². The van der Waals surface area contributed by atoms with E-state index < -0.39 is 0 Å². The van der Waals surface area contributed by atoms with Gasteiger partial charge >= 0.3 is 0 Å². The van der Waals surface area contributed by atoms with Gasteiger partial charge in [0.2, 0.25) is 0 Å². The van der Waals surface area contributed by atoms with Crippen molar-refractivity contribution in [3.05, 3.63) is 35.4 Å². The van der Waals surface area contributed by atoms with Gasteiger partial charge in [-0.05, 0) is 44.0 Å². The van der Waals surface area contributed by atoms with Gasteiger partial charge in [-0.3, -0.25) is 15.1 Å². The zero-order valence-electron chi connectivity index (χ0n) is 11.6. The molecule has 0 saturated carbocycles. The summed E-state index contributed by atoms with van der Waals surface area (Å²) in [4.78, 5) is 14.0. The zero-order chi connectivity index (χ0) is 13.7. The Hall–Kier alpha value is -1.39. The summed E-state index contributed by atoms with van der Waals surface area (Å²) >= 11 is 0. The van der Waals surface area contributed by atoms with Crippen molar-refractivity contribution in [1.29, 1.82) is 0 Å². The fraction of sp³-hybridized carbons (Fsp3) is 0.533. The number of carbonyl (C=O) groups is 1. The summed E-state index contributed by atoms with van der Waals surface area (Å²) in [6, 6.07) is 8.33. The molecule has 1 aromatic rings. The number of nitrogens with one attached hydrogen (secondary N) is 1. The highest BCUT2D eigenvalue weighted by Gasteiger charge is 2.17. The van der Waals surface area contributed by atoms with E-state index in [1.54, 1.807) is 6.07 Å². The molecule has 1 unspecified atom stereocenters. The van der Waals surface area contributed by atoms with Gasteiger partial charge < -0.3 is 0 Å². The average Bonchev–Trinajstić information content (AvgIpc) is 2.64. The number of carbonyl (C=O) groups excluding carboxylic acids is 1. The molecule has 1 aliphatic rings. The molecule has 19 heavy (non-hydrogen) atoms. The third kappa shape index (κ3) is 3.78.